The number of benzene rings is 1. The highest BCUT2D eigenvalue weighted by Crippen LogP contribution is 2.29. The first-order valence-electron chi connectivity index (χ1n) is 6.76. The Labute approximate surface area is 141 Å². The predicted molar refractivity (Wildman–Crippen MR) is 90.9 cm³/mol. The van der Waals surface area contributed by atoms with E-state index in [1.54, 1.807) is 0 Å². The lowest BCUT2D eigenvalue weighted by Crippen LogP contribution is -2.14. The van der Waals surface area contributed by atoms with Gasteiger partial charge in [0.05, 0.1) is 17.7 Å². The van der Waals surface area contributed by atoms with Gasteiger partial charge in [-0.2, -0.15) is 5.26 Å². The first-order valence-corrected chi connectivity index (χ1v) is 7.64. The molecule has 0 bridgehead atoms. The van der Waals surface area contributed by atoms with Gasteiger partial charge >= 0.3 is 0 Å². The van der Waals surface area contributed by atoms with Crippen molar-refractivity contribution < 1.29 is 14.5 Å². The van der Waals surface area contributed by atoms with Crippen molar-refractivity contribution in [3.63, 3.8) is 0 Å². The highest BCUT2D eigenvalue weighted by Gasteiger charge is 2.16. The molecule has 24 heavy (non-hydrogen) atoms. The molecule has 0 aliphatic carbocycles. The molecule has 1 amide bonds. The number of carbonyl (C=O) groups is 1. The monoisotopic (exact) mass is 343 g/mol. The standard InChI is InChI=1S/C16H13N3O4S/c1-10-5-6-24-15(10)7-11(9-17)16(20)18-13-8-12(19(21)22)3-4-14(13)23-2/h3-8H,1-2H3,(H,18,20)/b11-7+. The van der Waals surface area contributed by atoms with Crippen LogP contribution in [-0.4, -0.2) is 17.9 Å². The van der Waals surface area contributed by atoms with Crippen molar-refractivity contribution in [3.05, 3.63) is 55.8 Å². The van der Waals surface area contributed by atoms with Crippen molar-refractivity contribution in [1.82, 2.24) is 0 Å². The van der Waals surface area contributed by atoms with Crippen LogP contribution in [0.25, 0.3) is 6.08 Å². The predicted octanol–water partition coefficient (Wildman–Crippen LogP) is 3.52. The van der Waals surface area contributed by atoms with E-state index in [-0.39, 0.29) is 22.7 Å². The number of ether oxygens (including phenoxy) is 1. The average Bonchev–Trinajstić information content (AvgIpc) is 2.97. The molecular formula is C16H13N3O4S. The fourth-order valence-corrected chi connectivity index (χ4v) is 2.77. The first-order chi connectivity index (χ1) is 11.5. The third-order valence-electron chi connectivity index (χ3n) is 3.18. The largest absolute Gasteiger partial charge is 0.495 e. The van der Waals surface area contributed by atoms with E-state index in [0.29, 0.717) is 0 Å². The van der Waals surface area contributed by atoms with Crippen LogP contribution < -0.4 is 10.1 Å². The Hall–Kier alpha value is -3.18. The molecule has 0 fully saturated rings. The summed E-state index contributed by atoms with van der Waals surface area (Å²) in [5.41, 5.74) is 0.783. The smallest absolute Gasteiger partial charge is 0.271 e. The van der Waals surface area contributed by atoms with Gasteiger partial charge in [0.2, 0.25) is 0 Å². The van der Waals surface area contributed by atoms with Crippen LogP contribution in [0.4, 0.5) is 11.4 Å². The number of aryl methyl sites for hydroxylation is 1. The van der Waals surface area contributed by atoms with Gasteiger partial charge in [-0.25, -0.2) is 0 Å². The molecule has 0 aliphatic rings. The molecule has 1 N–H and O–H groups in total. The Bertz CT molecular complexity index is 864. The fourth-order valence-electron chi connectivity index (χ4n) is 1.91. The molecular weight excluding hydrogens is 330 g/mol. The lowest BCUT2D eigenvalue weighted by molar-refractivity contribution is -0.384. The Morgan fingerprint density at radius 3 is 2.75 bits per heavy atom. The summed E-state index contributed by atoms with van der Waals surface area (Å²) in [6, 6.07) is 7.56. The van der Waals surface area contributed by atoms with E-state index < -0.39 is 10.8 Å². The highest BCUT2D eigenvalue weighted by molar-refractivity contribution is 7.11. The van der Waals surface area contributed by atoms with Gasteiger partial charge in [-0.15, -0.1) is 11.3 Å². The SMILES string of the molecule is COc1ccc([N+](=O)[O-])cc1NC(=O)/C(C#N)=C/c1sccc1C. The number of nitrogens with zero attached hydrogens (tertiary/aromatic N) is 2. The van der Waals surface area contributed by atoms with Crippen LogP contribution in [0, 0.1) is 28.4 Å². The number of thiophene rings is 1. The van der Waals surface area contributed by atoms with Crippen LogP contribution in [-0.2, 0) is 4.79 Å². The lowest BCUT2D eigenvalue weighted by Gasteiger charge is -2.09. The van der Waals surface area contributed by atoms with E-state index in [9.17, 15) is 20.2 Å². The average molecular weight is 343 g/mol. The zero-order valence-electron chi connectivity index (χ0n) is 12.9. The number of nitrogens with one attached hydrogen (secondary N) is 1. The number of hydrogen-bond donors (Lipinski definition) is 1. The van der Waals surface area contributed by atoms with Crippen LogP contribution in [0.3, 0.4) is 0 Å². The van der Waals surface area contributed by atoms with Crippen LogP contribution in [0.2, 0.25) is 0 Å². The van der Waals surface area contributed by atoms with Crippen molar-refractivity contribution in [2.45, 2.75) is 6.92 Å². The molecule has 0 atom stereocenters. The molecule has 7 nitrogen and oxygen atoms in total. The van der Waals surface area contributed by atoms with E-state index in [1.807, 2.05) is 24.4 Å². The van der Waals surface area contributed by atoms with Crippen molar-refractivity contribution >= 4 is 34.7 Å². The van der Waals surface area contributed by atoms with Crippen molar-refractivity contribution in [2.75, 3.05) is 12.4 Å². The quantitative estimate of drug-likeness (QED) is 0.387. The maximum absolute atomic E-state index is 12.3. The molecule has 0 aliphatic heterocycles. The van der Waals surface area contributed by atoms with Crippen LogP contribution >= 0.6 is 11.3 Å². The number of nitro benzene ring substituents is 1. The van der Waals surface area contributed by atoms with Gasteiger partial charge in [-0.05, 0) is 36.1 Å². The third-order valence-corrected chi connectivity index (χ3v) is 4.15. The fraction of sp³-hybridized carbons (Fsp3) is 0.125. The maximum atomic E-state index is 12.3. The molecule has 1 aromatic heterocycles. The minimum absolute atomic E-state index is 0.103. The van der Waals surface area contributed by atoms with E-state index in [0.717, 1.165) is 10.4 Å². The molecule has 2 rings (SSSR count). The molecule has 0 spiro atoms. The molecule has 0 saturated heterocycles. The Morgan fingerprint density at radius 2 is 2.21 bits per heavy atom. The maximum Gasteiger partial charge on any atom is 0.271 e. The molecule has 0 saturated carbocycles. The summed E-state index contributed by atoms with van der Waals surface area (Å²) in [4.78, 5) is 23.4. The minimum atomic E-state index is -0.663. The Balaban J connectivity index is 2.33. The van der Waals surface area contributed by atoms with Crippen LogP contribution in [0.15, 0.2) is 35.2 Å². The zero-order chi connectivity index (χ0) is 17.7. The first kappa shape index (κ1) is 17.2. The number of nitriles is 1. The van der Waals surface area contributed by atoms with Crippen molar-refractivity contribution in [1.29, 1.82) is 5.26 Å². The van der Waals surface area contributed by atoms with E-state index in [1.165, 1.54) is 42.7 Å². The molecule has 2 aromatic rings. The van der Waals surface area contributed by atoms with Gasteiger partial charge in [-0.1, -0.05) is 0 Å². The normalized spacial score (nSPS) is 10.8. The second-order valence-corrected chi connectivity index (χ2v) is 5.68. The summed E-state index contributed by atoms with van der Waals surface area (Å²) in [5, 5.41) is 24.4. The van der Waals surface area contributed by atoms with E-state index in [2.05, 4.69) is 5.32 Å². The number of methoxy groups -OCH3 is 1. The van der Waals surface area contributed by atoms with Crippen molar-refractivity contribution in [3.8, 4) is 11.8 Å². The van der Waals surface area contributed by atoms with Crippen LogP contribution in [0.5, 0.6) is 5.75 Å². The molecule has 8 heteroatoms. The summed E-state index contributed by atoms with van der Waals surface area (Å²) < 4.78 is 5.08. The highest BCUT2D eigenvalue weighted by atomic mass is 32.1. The summed E-state index contributed by atoms with van der Waals surface area (Å²) in [6.45, 7) is 1.87. The molecule has 1 heterocycles. The zero-order valence-corrected chi connectivity index (χ0v) is 13.7. The number of nitro groups is 1. The number of amides is 1. The van der Waals surface area contributed by atoms with Crippen molar-refractivity contribution in [2.24, 2.45) is 0 Å². The topological polar surface area (TPSA) is 105 Å². The van der Waals surface area contributed by atoms with E-state index in [4.69, 9.17) is 4.74 Å². The lowest BCUT2D eigenvalue weighted by atomic mass is 10.2. The van der Waals surface area contributed by atoms with Gasteiger partial charge in [0.25, 0.3) is 11.6 Å². The number of carbonyl (C=O) groups excluding carboxylic acids is 1. The molecule has 1 aromatic carbocycles. The minimum Gasteiger partial charge on any atom is -0.495 e. The van der Waals surface area contributed by atoms with Gasteiger partial charge in [-0.3, -0.25) is 14.9 Å². The molecule has 122 valence electrons. The van der Waals surface area contributed by atoms with Gasteiger partial charge in [0.15, 0.2) is 0 Å². The number of anilines is 1. The van der Waals surface area contributed by atoms with Crippen LogP contribution in [0.1, 0.15) is 10.4 Å². The third kappa shape index (κ3) is 3.77. The number of non-ortho nitro benzene ring substituents is 1. The number of hydrogen-bond acceptors (Lipinski definition) is 6. The van der Waals surface area contributed by atoms with Gasteiger partial charge in [0.1, 0.15) is 17.4 Å². The summed E-state index contributed by atoms with van der Waals surface area (Å²) in [5.74, 6) is -0.400. The second kappa shape index (κ2) is 7.39. The number of rotatable bonds is 5. The summed E-state index contributed by atoms with van der Waals surface area (Å²) in [6.07, 6.45) is 1.49. The molecule has 0 radical (unpaired) electrons. The van der Waals surface area contributed by atoms with Gasteiger partial charge in [0, 0.05) is 17.0 Å². The summed E-state index contributed by atoms with van der Waals surface area (Å²) in [7, 11) is 1.38. The Morgan fingerprint density at radius 1 is 1.46 bits per heavy atom. The molecule has 0 unspecified atom stereocenters. The second-order valence-electron chi connectivity index (χ2n) is 4.73. The Kier molecular flexibility index (Phi) is 5.29. The van der Waals surface area contributed by atoms with E-state index >= 15 is 0 Å². The van der Waals surface area contributed by atoms with Gasteiger partial charge < -0.3 is 10.1 Å². The summed E-state index contributed by atoms with van der Waals surface area (Å²) >= 11 is 1.41.